The van der Waals surface area contributed by atoms with Crippen LogP contribution in [0.4, 0.5) is 0 Å². The summed E-state index contributed by atoms with van der Waals surface area (Å²) in [6, 6.07) is -0.602. The molecule has 0 saturated heterocycles. The molecule has 0 aliphatic heterocycles. The number of rotatable bonds is 5. The molecule has 0 fully saturated rings. The third kappa shape index (κ3) is 9.03. The zero-order chi connectivity index (χ0) is 13.6. The molecule has 0 radical (unpaired) electrons. The van der Waals surface area contributed by atoms with Crippen LogP contribution in [0.5, 0.6) is 0 Å². The SMILES string of the molecule is CC(C)SCC(=O)N[C@@H](C)C(=O)OC(C)(C)C. The summed E-state index contributed by atoms with van der Waals surface area (Å²) in [5.41, 5.74) is -0.525. The third-order valence-corrected chi connectivity index (χ3v) is 2.78. The van der Waals surface area contributed by atoms with Crippen molar-refractivity contribution in [2.45, 2.75) is 58.4 Å². The lowest BCUT2D eigenvalue weighted by atomic mass is 10.2. The molecule has 0 spiro atoms. The molecule has 0 aliphatic rings. The maximum absolute atomic E-state index is 11.6. The molecule has 0 unspecified atom stereocenters. The zero-order valence-electron chi connectivity index (χ0n) is 11.5. The number of carbonyl (C=O) groups excluding carboxylic acids is 2. The molecule has 0 bridgehead atoms. The summed E-state index contributed by atoms with van der Waals surface area (Å²) in [5, 5.41) is 3.02. The fraction of sp³-hybridized carbons (Fsp3) is 0.833. The topological polar surface area (TPSA) is 55.4 Å². The molecule has 4 nitrogen and oxygen atoms in total. The molecule has 1 atom stereocenters. The molecule has 0 aliphatic carbocycles. The summed E-state index contributed by atoms with van der Waals surface area (Å²) in [6.45, 7) is 11.1. The van der Waals surface area contributed by atoms with E-state index in [4.69, 9.17) is 4.74 Å². The van der Waals surface area contributed by atoms with Crippen molar-refractivity contribution in [2.24, 2.45) is 0 Å². The summed E-state index contributed by atoms with van der Waals surface area (Å²) < 4.78 is 5.17. The fourth-order valence-electron chi connectivity index (χ4n) is 0.975. The summed E-state index contributed by atoms with van der Waals surface area (Å²) in [6.07, 6.45) is 0. The van der Waals surface area contributed by atoms with Crippen molar-refractivity contribution in [1.82, 2.24) is 5.32 Å². The molecule has 0 heterocycles. The first-order chi connectivity index (χ1) is 7.61. The lowest BCUT2D eigenvalue weighted by molar-refractivity contribution is -0.157. The average Bonchev–Trinajstić information content (AvgIpc) is 2.11. The minimum absolute atomic E-state index is 0.137. The van der Waals surface area contributed by atoms with Crippen LogP contribution in [-0.2, 0) is 14.3 Å². The van der Waals surface area contributed by atoms with Gasteiger partial charge in [-0.05, 0) is 32.9 Å². The van der Waals surface area contributed by atoms with Gasteiger partial charge in [-0.2, -0.15) is 0 Å². The fourth-order valence-corrected chi connectivity index (χ4v) is 1.54. The van der Waals surface area contributed by atoms with Gasteiger partial charge in [0.2, 0.25) is 5.91 Å². The second kappa shape index (κ2) is 6.89. The van der Waals surface area contributed by atoms with Crippen molar-refractivity contribution >= 4 is 23.6 Å². The van der Waals surface area contributed by atoms with Crippen molar-refractivity contribution < 1.29 is 14.3 Å². The smallest absolute Gasteiger partial charge is 0.328 e. The van der Waals surface area contributed by atoms with Crippen LogP contribution in [0, 0.1) is 0 Å². The van der Waals surface area contributed by atoms with E-state index in [0.717, 1.165) is 0 Å². The van der Waals surface area contributed by atoms with E-state index < -0.39 is 17.6 Å². The van der Waals surface area contributed by atoms with Crippen LogP contribution in [0.25, 0.3) is 0 Å². The molecule has 0 aromatic carbocycles. The van der Waals surface area contributed by atoms with Crippen LogP contribution < -0.4 is 5.32 Å². The molecule has 0 aromatic rings. The normalized spacial score (nSPS) is 13.4. The van der Waals surface area contributed by atoms with Gasteiger partial charge in [0.25, 0.3) is 0 Å². The second-order valence-corrected chi connectivity index (χ2v) is 6.75. The quantitative estimate of drug-likeness (QED) is 0.769. The monoisotopic (exact) mass is 261 g/mol. The van der Waals surface area contributed by atoms with Gasteiger partial charge in [-0.25, -0.2) is 4.79 Å². The minimum Gasteiger partial charge on any atom is -0.458 e. The van der Waals surface area contributed by atoms with E-state index in [1.54, 1.807) is 39.5 Å². The summed E-state index contributed by atoms with van der Waals surface area (Å²) >= 11 is 1.54. The highest BCUT2D eigenvalue weighted by Crippen LogP contribution is 2.10. The summed E-state index contributed by atoms with van der Waals surface area (Å²) in [5.74, 6) is -0.174. The Balaban J connectivity index is 4.04. The molecule has 1 N–H and O–H groups in total. The van der Waals surface area contributed by atoms with E-state index in [1.807, 2.05) is 13.8 Å². The Hall–Kier alpha value is -0.710. The number of hydrogen-bond acceptors (Lipinski definition) is 4. The van der Waals surface area contributed by atoms with Crippen molar-refractivity contribution in [3.63, 3.8) is 0 Å². The van der Waals surface area contributed by atoms with Gasteiger partial charge in [0, 0.05) is 0 Å². The number of thioether (sulfide) groups is 1. The van der Waals surface area contributed by atoms with Crippen LogP contribution in [0.2, 0.25) is 0 Å². The molecule has 5 heteroatoms. The van der Waals surface area contributed by atoms with Crippen LogP contribution >= 0.6 is 11.8 Å². The molecule has 1 amide bonds. The lowest BCUT2D eigenvalue weighted by Crippen LogP contribution is -2.43. The number of nitrogens with one attached hydrogen (secondary N) is 1. The predicted octanol–water partition coefficient (Wildman–Crippen LogP) is 1.97. The highest BCUT2D eigenvalue weighted by Gasteiger charge is 2.22. The Kier molecular flexibility index (Phi) is 6.60. The molecule has 100 valence electrons. The lowest BCUT2D eigenvalue weighted by Gasteiger charge is -2.22. The third-order valence-electron chi connectivity index (χ3n) is 1.69. The molecule has 0 aromatic heterocycles. The van der Waals surface area contributed by atoms with Crippen molar-refractivity contribution in [3.05, 3.63) is 0 Å². The van der Waals surface area contributed by atoms with E-state index in [-0.39, 0.29) is 5.91 Å². The molecular formula is C12H23NO3S. The molecule has 0 saturated carbocycles. The van der Waals surface area contributed by atoms with E-state index in [0.29, 0.717) is 11.0 Å². The van der Waals surface area contributed by atoms with Crippen molar-refractivity contribution in [3.8, 4) is 0 Å². The second-order valence-electron chi connectivity index (χ2n) is 5.18. The van der Waals surface area contributed by atoms with Crippen molar-refractivity contribution in [1.29, 1.82) is 0 Å². The van der Waals surface area contributed by atoms with Crippen molar-refractivity contribution in [2.75, 3.05) is 5.75 Å². The maximum atomic E-state index is 11.6. The largest absolute Gasteiger partial charge is 0.458 e. The van der Waals surface area contributed by atoms with Gasteiger partial charge >= 0.3 is 5.97 Å². The van der Waals surface area contributed by atoms with Gasteiger partial charge in [0.15, 0.2) is 0 Å². The average molecular weight is 261 g/mol. The molecule has 17 heavy (non-hydrogen) atoms. The summed E-state index contributed by atoms with van der Waals surface area (Å²) in [4.78, 5) is 23.1. The minimum atomic E-state index is -0.602. The Bertz CT molecular complexity index is 271. The standard InChI is InChI=1S/C12H23NO3S/c1-8(2)17-7-10(14)13-9(3)11(15)16-12(4,5)6/h8-9H,7H2,1-6H3,(H,13,14)/t9-/m0/s1. The van der Waals surface area contributed by atoms with E-state index in [2.05, 4.69) is 5.32 Å². The van der Waals surface area contributed by atoms with Gasteiger partial charge in [-0.3, -0.25) is 4.79 Å². The van der Waals surface area contributed by atoms with Crippen LogP contribution in [0.1, 0.15) is 41.5 Å². The Morgan fingerprint density at radius 2 is 1.76 bits per heavy atom. The Morgan fingerprint density at radius 3 is 2.18 bits per heavy atom. The first-order valence-electron chi connectivity index (χ1n) is 5.75. The van der Waals surface area contributed by atoms with Crippen LogP contribution in [-0.4, -0.2) is 34.5 Å². The van der Waals surface area contributed by atoms with Gasteiger partial charge in [0.1, 0.15) is 11.6 Å². The van der Waals surface area contributed by atoms with Crippen LogP contribution in [0.15, 0.2) is 0 Å². The van der Waals surface area contributed by atoms with Gasteiger partial charge < -0.3 is 10.1 Å². The number of ether oxygens (including phenoxy) is 1. The first kappa shape index (κ1) is 16.3. The Morgan fingerprint density at radius 1 is 1.24 bits per heavy atom. The number of hydrogen-bond donors (Lipinski definition) is 1. The number of carbonyl (C=O) groups is 2. The van der Waals surface area contributed by atoms with Gasteiger partial charge in [0.05, 0.1) is 5.75 Å². The van der Waals surface area contributed by atoms with E-state index in [1.165, 1.54) is 0 Å². The van der Waals surface area contributed by atoms with Crippen LogP contribution in [0.3, 0.4) is 0 Å². The van der Waals surface area contributed by atoms with Gasteiger partial charge in [-0.1, -0.05) is 13.8 Å². The maximum Gasteiger partial charge on any atom is 0.328 e. The van der Waals surface area contributed by atoms with E-state index in [9.17, 15) is 9.59 Å². The molecular weight excluding hydrogens is 238 g/mol. The number of amides is 1. The van der Waals surface area contributed by atoms with E-state index >= 15 is 0 Å². The molecule has 0 rings (SSSR count). The summed E-state index contributed by atoms with van der Waals surface area (Å²) in [7, 11) is 0. The first-order valence-corrected chi connectivity index (χ1v) is 6.80. The predicted molar refractivity (Wildman–Crippen MR) is 71.0 cm³/mol. The Labute approximate surface area is 108 Å². The van der Waals surface area contributed by atoms with Gasteiger partial charge in [-0.15, -0.1) is 11.8 Å². The highest BCUT2D eigenvalue weighted by atomic mass is 32.2. The highest BCUT2D eigenvalue weighted by molar-refractivity contribution is 8.00. The zero-order valence-corrected chi connectivity index (χ0v) is 12.3. The number of esters is 1.